The average molecular weight is 240 g/mol. The largest absolute Gasteiger partial charge is 0.394 e. The highest BCUT2D eigenvalue weighted by Crippen LogP contribution is 2.03. The van der Waals surface area contributed by atoms with Crippen molar-refractivity contribution in [3.05, 3.63) is 11.3 Å². The number of nitrogens with zero attached hydrogens (tertiary/aromatic N) is 1. The van der Waals surface area contributed by atoms with Crippen molar-refractivity contribution in [1.29, 1.82) is 5.26 Å². The zero-order valence-electron chi connectivity index (χ0n) is 9.78. The summed E-state index contributed by atoms with van der Waals surface area (Å²) >= 11 is 0. The molecule has 7 nitrogen and oxygen atoms in total. The van der Waals surface area contributed by atoms with Crippen molar-refractivity contribution in [3.8, 4) is 6.07 Å². The third-order valence-corrected chi connectivity index (χ3v) is 2.08. The number of aliphatic hydroxyl groups excluding tert-OH is 1. The molecule has 0 rings (SSSR count). The maximum Gasteiger partial charge on any atom is 0.319 e. The van der Waals surface area contributed by atoms with Gasteiger partial charge in [-0.05, 0) is 13.3 Å². The number of rotatable bonds is 5. The van der Waals surface area contributed by atoms with Gasteiger partial charge in [0.1, 0.15) is 11.6 Å². The van der Waals surface area contributed by atoms with Gasteiger partial charge in [0.25, 0.3) is 5.91 Å². The van der Waals surface area contributed by atoms with E-state index in [1.807, 2.05) is 6.92 Å². The molecule has 17 heavy (non-hydrogen) atoms. The minimum Gasteiger partial charge on any atom is -0.394 e. The van der Waals surface area contributed by atoms with E-state index in [-0.39, 0.29) is 23.9 Å². The molecular formula is C10H16N4O3. The van der Waals surface area contributed by atoms with Crippen LogP contribution in [0.25, 0.3) is 0 Å². The van der Waals surface area contributed by atoms with Crippen LogP contribution in [0.1, 0.15) is 20.3 Å². The molecule has 0 spiro atoms. The van der Waals surface area contributed by atoms with Gasteiger partial charge in [-0.15, -0.1) is 0 Å². The second-order valence-corrected chi connectivity index (χ2v) is 3.36. The first-order valence-corrected chi connectivity index (χ1v) is 5.05. The third-order valence-electron chi connectivity index (χ3n) is 2.08. The number of nitriles is 1. The van der Waals surface area contributed by atoms with Crippen LogP contribution in [-0.4, -0.2) is 29.7 Å². The smallest absolute Gasteiger partial charge is 0.319 e. The molecule has 0 aliphatic carbocycles. The Morgan fingerprint density at radius 2 is 2.12 bits per heavy atom. The number of primary amides is 1. The molecule has 0 aromatic rings. The van der Waals surface area contributed by atoms with Crippen LogP contribution < -0.4 is 16.4 Å². The Morgan fingerprint density at radius 1 is 1.53 bits per heavy atom. The standard InChI is InChI=1S/C10H16N4O3/c1-3-7(5-15)13-6(2)8(4-11)9(16)14-10(12)17/h7,13,15H,3,5H2,1-2H3,(H3,12,14,16,17). The molecule has 0 radical (unpaired) electrons. The van der Waals surface area contributed by atoms with Gasteiger partial charge in [-0.1, -0.05) is 6.92 Å². The van der Waals surface area contributed by atoms with E-state index in [0.717, 1.165) is 0 Å². The summed E-state index contributed by atoms with van der Waals surface area (Å²) in [5.41, 5.74) is 4.82. The van der Waals surface area contributed by atoms with Crippen molar-refractivity contribution in [1.82, 2.24) is 10.6 Å². The van der Waals surface area contributed by atoms with Crippen LogP contribution in [0, 0.1) is 11.3 Å². The summed E-state index contributed by atoms with van der Waals surface area (Å²) in [4.78, 5) is 21.9. The molecule has 7 heteroatoms. The predicted octanol–water partition coefficient (Wildman–Crippen LogP) is -0.661. The van der Waals surface area contributed by atoms with E-state index in [1.165, 1.54) is 6.92 Å². The highest BCUT2D eigenvalue weighted by atomic mass is 16.3. The predicted molar refractivity (Wildman–Crippen MR) is 60.3 cm³/mol. The van der Waals surface area contributed by atoms with Gasteiger partial charge in [0, 0.05) is 11.7 Å². The number of nitrogens with two attached hydrogens (primary N) is 1. The Labute approximate surface area is 99.3 Å². The summed E-state index contributed by atoms with van der Waals surface area (Å²) < 4.78 is 0. The van der Waals surface area contributed by atoms with Gasteiger partial charge in [-0.25, -0.2) is 4.79 Å². The first kappa shape index (κ1) is 14.9. The third kappa shape index (κ3) is 4.99. The Kier molecular flexibility index (Phi) is 6.36. The van der Waals surface area contributed by atoms with Gasteiger partial charge < -0.3 is 16.2 Å². The Morgan fingerprint density at radius 3 is 2.47 bits per heavy atom. The van der Waals surface area contributed by atoms with E-state index >= 15 is 0 Å². The summed E-state index contributed by atoms with van der Waals surface area (Å²) in [6, 6.07) is 0.403. The molecule has 1 atom stereocenters. The van der Waals surface area contributed by atoms with Crippen LogP contribution in [-0.2, 0) is 4.79 Å². The number of allylic oxidation sites excluding steroid dienone is 1. The van der Waals surface area contributed by atoms with Crippen LogP contribution >= 0.6 is 0 Å². The van der Waals surface area contributed by atoms with Crippen molar-refractivity contribution in [2.24, 2.45) is 5.73 Å². The van der Waals surface area contributed by atoms with Crippen molar-refractivity contribution in [2.45, 2.75) is 26.3 Å². The van der Waals surface area contributed by atoms with E-state index in [2.05, 4.69) is 5.32 Å². The van der Waals surface area contributed by atoms with Crippen molar-refractivity contribution in [2.75, 3.05) is 6.61 Å². The van der Waals surface area contributed by atoms with E-state index in [4.69, 9.17) is 16.1 Å². The summed E-state index contributed by atoms with van der Waals surface area (Å²) in [5, 5.41) is 22.4. The zero-order chi connectivity index (χ0) is 13.4. The Balaban J connectivity index is 4.88. The number of amides is 3. The number of hydrogen-bond acceptors (Lipinski definition) is 5. The fourth-order valence-electron chi connectivity index (χ4n) is 1.13. The second kappa shape index (κ2) is 7.24. The molecule has 94 valence electrons. The van der Waals surface area contributed by atoms with Crippen molar-refractivity contribution >= 4 is 11.9 Å². The van der Waals surface area contributed by atoms with Gasteiger partial charge in [0.05, 0.1) is 6.61 Å². The minimum absolute atomic E-state index is 0.121. The molecule has 5 N–H and O–H groups in total. The molecule has 0 aromatic heterocycles. The van der Waals surface area contributed by atoms with Crippen LogP contribution in [0.5, 0.6) is 0 Å². The molecule has 0 saturated heterocycles. The van der Waals surface area contributed by atoms with Gasteiger partial charge in [0.2, 0.25) is 0 Å². The lowest BCUT2D eigenvalue weighted by molar-refractivity contribution is -0.116. The normalized spacial score (nSPS) is 13.1. The fourth-order valence-corrected chi connectivity index (χ4v) is 1.13. The molecule has 0 heterocycles. The molecule has 0 aliphatic heterocycles. The Hall–Kier alpha value is -2.07. The lowest BCUT2D eigenvalue weighted by Gasteiger charge is -2.16. The first-order chi connectivity index (χ1) is 7.96. The minimum atomic E-state index is -1.02. The van der Waals surface area contributed by atoms with E-state index in [0.29, 0.717) is 6.42 Å². The summed E-state index contributed by atoms with van der Waals surface area (Å²) in [7, 11) is 0. The number of carbonyl (C=O) groups excluding carboxylic acids is 2. The highest BCUT2D eigenvalue weighted by Gasteiger charge is 2.15. The maximum absolute atomic E-state index is 11.4. The zero-order valence-corrected chi connectivity index (χ0v) is 9.78. The van der Waals surface area contributed by atoms with Crippen LogP contribution in [0.15, 0.2) is 11.3 Å². The molecule has 0 fully saturated rings. The van der Waals surface area contributed by atoms with Gasteiger partial charge in [0.15, 0.2) is 0 Å². The van der Waals surface area contributed by atoms with Crippen LogP contribution in [0.3, 0.4) is 0 Å². The molecule has 3 amide bonds. The van der Waals surface area contributed by atoms with Gasteiger partial charge >= 0.3 is 6.03 Å². The number of urea groups is 1. The average Bonchev–Trinajstić information content (AvgIpc) is 2.25. The molecule has 0 saturated carbocycles. The lowest BCUT2D eigenvalue weighted by Crippen LogP contribution is -2.38. The van der Waals surface area contributed by atoms with E-state index in [9.17, 15) is 9.59 Å². The van der Waals surface area contributed by atoms with E-state index in [1.54, 1.807) is 11.4 Å². The van der Waals surface area contributed by atoms with Crippen LogP contribution in [0.2, 0.25) is 0 Å². The molecule has 0 bridgehead atoms. The monoisotopic (exact) mass is 240 g/mol. The highest BCUT2D eigenvalue weighted by molar-refractivity contribution is 6.06. The molecule has 0 aliphatic rings. The van der Waals surface area contributed by atoms with Gasteiger partial charge in [-0.2, -0.15) is 5.26 Å². The number of imide groups is 1. The summed E-state index contributed by atoms with van der Waals surface area (Å²) in [6.45, 7) is 3.23. The fraction of sp³-hybridized carbons (Fsp3) is 0.500. The topological polar surface area (TPSA) is 128 Å². The summed E-state index contributed by atoms with van der Waals surface area (Å²) in [6.07, 6.45) is 0.629. The van der Waals surface area contributed by atoms with Gasteiger partial charge in [-0.3, -0.25) is 10.1 Å². The molecular weight excluding hydrogens is 224 g/mol. The Bertz CT molecular complexity index is 366. The summed E-state index contributed by atoms with van der Waals surface area (Å²) in [5.74, 6) is -0.863. The number of nitrogens with one attached hydrogen (secondary N) is 2. The molecule has 1 unspecified atom stereocenters. The number of carbonyl (C=O) groups is 2. The first-order valence-electron chi connectivity index (χ1n) is 5.05. The quantitative estimate of drug-likeness (QED) is 0.374. The lowest BCUT2D eigenvalue weighted by atomic mass is 10.1. The second-order valence-electron chi connectivity index (χ2n) is 3.36. The van der Waals surface area contributed by atoms with Crippen molar-refractivity contribution < 1.29 is 14.7 Å². The molecule has 0 aromatic carbocycles. The van der Waals surface area contributed by atoms with Crippen LogP contribution in [0.4, 0.5) is 4.79 Å². The van der Waals surface area contributed by atoms with Crippen molar-refractivity contribution in [3.63, 3.8) is 0 Å². The SMILES string of the molecule is CCC(CO)NC(C)=C(C#N)C(=O)NC(N)=O. The van der Waals surface area contributed by atoms with E-state index < -0.39 is 11.9 Å². The maximum atomic E-state index is 11.4. The number of aliphatic hydroxyl groups is 1. The number of hydrogen-bond donors (Lipinski definition) is 4.